The Morgan fingerprint density at radius 1 is 1.36 bits per heavy atom. The van der Waals surface area contributed by atoms with E-state index < -0.39 is 0 Å². The van der Waals surface area contributed by atoms with E-state index in [1.807, 2.05) is 0 Å². The lowest BCUT2D eigenvalue weighted by atomic mass is 9.74. The Labute approximate surface area is 69.3 Å². The Hall–Kier alpha value is -0.0800. The molecule has 0 heterocycles. The number of hydrogen-bond donors (Lipinski definition) is 1. The van der Waals surface area contributed by atoms with Gasteiger partial charge in [-0.15, -0.1) is 0 Å². The van der Waals surface area contributed by atoms with Crippen molar-refractivity contribution < 1.29 is 4.74 Å². The first-order chi connectivity index (χ1) is 5.38. The van der Waals surface area contributed by atoms with E-state index in [2.05, 4.69) is 12.2 Å². The summed E-state index contributed by atoms with van der Waals surface area (Å²) in [6.07, 6.45) is 2.75. The summed E-state index contributed by atoms with van der Waals surface area (Å²) in [4.78, 5) is 0. The number of rotatable bonds is 5. The van der Waals surface area contributed by atoms with Crippen molar-refractivity contribution in [2.24, 2.45) is 11.8 Å². The van der Waals surface area contributed by atoms with Crippen LogP contribution in [0.3, 0.4) is 0 Å². The summed E-state index contributed by atoms with van der Waals surface area (Å²) in [6.45, 7) is 5.39. The fourth-order valence-electron chi connectivity index (χ4n) is 1.67. The minimum absolute atomic E-state index is 0.832. The number of nitrogens with one attached hydrogen (secondary N) is 1. The van der Waals surface area contributed by atoms with E-state index in [0.29, 0.717) is 0 Å². The van der Waals surface area contributed by atoms with Crippen LogP contribution in [0.4, 0.5) is 0 Å². The summed E-state index contributed by atoms with van der Waals surface area (Å²) in [5.74, 6) is 1.72. The first-order valence-electron chi connectivity index (χ1n) is 4.58. The molecule has 1 rings (SSSR count). The molecule has 0 amide bonds. The van der Waals surface area contributed by atoms with E-state index in [4.69, 9.17) is 4.74 Å². The highest BCUT2D eigenvalue weighted by Crippen LogP contribution is 2.33. The second kappa shape index (κ2) is 4.73. The molecular weight excluding hydrogens is 138 g/mol. The van der Waals surface area contributed by atoms with Crippen molar-refractivity contribution in [3.63, 3.8) is 0 Å². The minimum Gasteiger partial charge on any atom is -0.384 e. The maximum atomic E-state index is 5.13. The summed E-state index contributed by atoms with van der Waals surface area (Å²) >= 11 is 0. The van der Waals surface area contributed by atoms with Crippen LogP contribution in [-0.4, -0.2) is 26.8 Å². The molecule has 2 heteroatoms. The van der Waals surface area contributed by atoms with Crippen LogP contribution in [-0.2, 0) is 4.74 Å². The van der Waals surface area contributed by atoms with Crippen molar-refractivity contribution in [3.8, 4) is 0 Å². The smallest absolute Gasteiger partial charge is 0.0493 e. The molecule has 0 aromatic heterocycles. The van der Waals surface area contributed by atoms with Crippen LogP contribution in [0.1, 0.15) is 19.8 Å². The Kier molecular flexibility index (Phi) is 3.87. The van der Waals surface area contributed by atoms with E-state index in [9.17, 15) is 0 Å². The molecule has 1 aliphatic carbocycles. The van der Waals surface area contributed by atoms with Gasteiger partial charge >= 0.3 is 0 Å². The second-order valence-electron chi connectivity index (χ2n) is 3.36. The predicted octanol–water partition coefficient (Wildman–Crippen LogP) is 1.27. The number of hydrogen-bond acceptors (Lipinski definition) is 2. The van der Waals surface area contributed by atoms with Gasteiger partial charge in [0.1, 0.15) is 0 Å². The number of methoxy groups -OCH3 is 1. The molecule has 2 atom stereocenters. The third-order valence-corrected chi connectivity index (χ3v) is 2.61. The molecular formula is C9H19NO. The van der Waals surface area contributed by atoms with Gasteiger partial charge in [0.15, 0.2) is 0 Å². The Balaban J connectivity index is 2.05. The lowest BCUT2D eigenvalue weighted by molar-refractivity contribution is 0.0599. The van der Waals surface area contributed by atoms with Gasteiger partial charge in [0, 0.05) is 13.7 Å². The first-order valence-corrected chi connectivity index (χ1v) is 4.58. The minimum atomic E-state index is 0.832. The molecule has 2 unspecified atom stereocenters. The van der Waals surface area contributed by atoms with Crippen LogP contribution in [0.15, 0.2) is 0 Å². The van der Waals surface area contributed by atoms with Crippen molar-refractivity contribution in [1.82, 2.24) is 5.32 Å². The molecule has 1 N–H and O–H groups in total. The Morgan fingerprint density at radius 3 is 2.55 bits per heavy atom. The van der Waals surface area contributed by atoms with Crippen LogP contribution in [0.5, 0.6) is 0 Å². The van der Waals surface area contributed by atoms with E-state index in [0.717, 1.165) is 25.0 Å². The zero-order chi connectivity index (χ0) is 8.10. The third-order valence-electron chi connectivity index (χ3n) is 2.61. The summed E-state index contributed by atoms with van der Waals surface area (Å²) in [7, 11) is 1.79. The highest BCUT2D eigenvalue weighted by molar-refractivity contribution is 4.81. The van der Waals surface area contributed by atoms with E-state index in [-0.39, 0.29) is 0 Å². The molecule has 0 aromatic carbocycles. The zero-order valence-corrected chi connectivity index (χ0v) is 7.60. The molecule has 0 saturated heterocycles. The molecule has 0 aliphatic heterocycles. The Bertz CT molecular complexity index is 106. The summed E-state index contributed by atoms with van der Waals surface area (Å²) in [5.41, 5.74) is 0. The average molecular weight is 157 g/mol. The zero-order valence-electron chi connectivity index (χ0n) is 7.60. The lowest BCUT2D eigenvalue weighted by Crippen LogP contribution is -2.37. The van der Waals surface area contributed by atoms with Crippen molar-refractivity contribution in [1.29, 1.82) is 0 Å². The molecule has 2 nitrogen and oxygen atoms in total. The molecule has 1 aliphatic rings. The van der Waals surface area contributed by atoms with Gasteiger partial charge in [-0.2, -0.15) is 0 Å². The fraction of sp³-hybridized carbons (Fsp3) is 1.00. The standard InChI is InChI=1S/C9H19NO/c1-3-10-6-8-4-5-9(8)7-11-2/h8-10H,3-7H2,1-2H3. The highest BCUT2D eigenvalue weighted by Gasteiger charge is 2.29. The summed E-state index contributed by atoms with van der Waals surface area (Å²) < 4.78 is 5.13. The first kappa shape index (κ1) is 9.01. The molecule has 1 fully saturated rings. The largest absolute Gasteiger partial charge is 0.384 e. The van der Waals surface area contributed by atoms with E-state index in [1.165, 1.54) is 19.4 Å². The van der Waals surface area contributed by atoms with Crippen LogP contribution in [0.25, 0.3) is 0 Å². The molecule has 1 saturated carbocycles. The van der Waals surface area contributed by atoms with Gasteiger partial charge in [0.2, 0.25) is 0 Å². The van der Waals surface area contributed by atoms with Gasteiger partial charge < -0.3 is 10.1 Å². The molecule has 0 aromatic rings. The molecule has 0 bridgehead atoms. The van der Waals surface area contributed by atoms with Gasteiger partial charge in [-0.05, 0) is 37.8 Å². The van der Waals surface area contributed by atoms with Crippen molar-refractivity contribution in [2.45, 2.75) is 19.8 Å². The van der Waals surface area contributed by atoms with Crippen LogP contribution in [0, 0.1) is 11.8 Å². The van der Waals surface area contributed by atoms with Gasteiger partial charge in [-0.1, -0.05) is 6.92 Å². The molecule has 0 radical (unpaired) electrons. The number of ether oxygens (including phenoxy) is 1. The molecule has 0 spiro atoms. The molecule has 66 valence electrons. The monoisotopic (exact) mass is 157 g/mol. The normalized spacial score (nSPS) is 30.0. The summed E-state index contributed by atoms with van der Waals surface area (Å²) in [6, 6.07) is 0. The topological polar surface area (TPSA) is 21.3 Å². The molecule has 11 heavy (non-hydrogen) atoms. The predicted molar refractivity (Wildman–Crippen MR) is 46.6 cm³/mol. The van der Waals surface area contributed by atoms with Gasteiger partial charge in [-0.3, -0.25) is 0 Å². The second-order valence-corrected chi connectivity index (χ2v) is 3.36. The lowest BCUT2D eigenvalue weighted by Gasteiger charge is -2.36. The van der Waals surface area contributed by atoms with Crippen molar-refractivity contribution >= 4 is 0 Å². The van der Waals surface area contributed by atoms with Crippen molar-refractivity contribution in [3.05, 3.63) is 0 Å². The highest BCUT2D eigenvalue weighted by atomic mass is 16.5. The SMILES string of the molecule is CCNCC1CCC1COC. The van der Waals surface area contributed by atoms with Crippen LogP contribution < -0.4 is 5.32 Å². The fourth-order valence-corrected chi connectivity index (χ4v) is 1.67. The quantitative estimate of drug-likeness (QED) is 0.649. The van der Waals surface area contributed by atoms with E-state index in [1.54, 1.807) is 7.11 Å². The maximum absolute atomic E-state index is 5.13. The van der Waals surface area contributed by atoms with E-state index >= 15 is 0 Å². The van der Waals surface area contributed by atoms with Crippen LogP contribution >= 0.6 is 0 Å². The van der Waals surface area contributed by atoms with Crippen LogP contribution in [0.2, 0.25) is 0 Å². The third kappa shape index (κ3) is 2.46. The Morgan fingerprint density at radius 2 is 2.09 bits per heavy atom. The van der Waals surface area contributed by atoms with Gasteiger partial charge in [0.25, 0.3) is 0 Å². The maximum Gasteiger partial charge on any atom is 0.0493 e. The van der Waals surface area contributed by atoms with Gasteiger partial charge in [0.05, 0.1) is 0 Å². The summed E-state index contributed by atoms with van der Waals surface area (Å²) in [5, 5.41) is 3.38. The van der Waals surface area contributed by atoms with Crippen molar-refractivity contribution in [2.75, 3.05) is 26.8 Å². The average Bonchev–Trinajstić information content (AvgIpc) is 1.99. The van der Waals surface area contributed by atoms with Gasteiger partial charge in [-0.25, -0.2) is 0 Å².